The fourth-order valence-electron chi connectivity index (χ4n) is 2.86. The average Bonchev–Trinajstić information content (AvgIpc) is 3.21. The zero-order valence-electron chi connectivity index (χ0n) is 18.0. The average molecular weight is 504 g/mol. The third-order valence-corrected chi connectivity index (χ3v) is 5.30. The third kappa shape index (κ3) is 6.44. The van der Waals surface area contributed by atoms with Gasteiger partial charge in [0.2, 0.25) is 11.5 Å². The lowest BCUT2D eigenvalue weighted by Crippen LogP contribution is -2.32. The van der Waals surface area contributed by atoms with Gasteiger partial charge in [0.1, 0.15) is 6.61 Å². The highest BCUT2D eigenvalue weighted by Gasteiger charge is 2.15. The lowest BCUT2D eigenvalue weighted by atomic mass is 10.1. The summed E-state index contributed by atoms with van der Waals surface area (Å²) in [5.74, 6) is 0.893. The van der Waals surface area contributed by atoms with E-state index in [0.717, 1.165) is 15.6 Å². The van der Waals surface area contributed by atoms with E-state index in [1.54, 1.807) is 0 Å². The number of aromatic nitrogens is 2. The molecule has 0 radical (unpaired) electrons. The molecule has 1 aromatic heterocycles. The van der Waals surface area contributed by atoms with Gasteiger partial charge < -0.3 is 25.8 Å². The summed E-state index contributed by atoms with van der Waals surface area (Å²) in [5, 5.41) is 12.8. The lowest BCUT2D eigenvalue weighted by molar-refractivity contribution is 0.0944. The van der Waals surface area contributed by atoms with E-state index in [-0.39, 0.29) is 11.5 Å². The number of nitrogens with zero attached hydrogens (tertiary/aromatic N) is 2. The lowest BCUT2D eigenvalue weighted by Gasteiger charge is -2.16. The molecule has 0 aliphatic rings. The quantitative estimate of drug-likeness (QED) is 0.340. The van der Waals surface area contributed by atoms with Crippen LogP contribution in [-0.2, 0) is 13.2 Å². The minimum atomic E-state index is -0.430. The predicted octanol–water partition coefficient (Wildman–Crippen LogP) is 3.22. The van der Waals surface area contributed by atoms with E-state index in [2.05, 4.69) is 72.7 Å². The highest BCUT2D eigenvalue weighted by molar-refractivity contribution is 9.10. The first-order valence-corrected chi connectivity index (χ1v) is 11.0. The maximum Gasteiger partial charge on any atom is 0.277 e. The van der Waals surface area contributed by atoms with Crippen molar-refractivity contribution >= 4 is 27.7 Å². The van der Waals surface area contributed by atoms with Crippen LogP contribution >= 0.6 is 15.9 Å². The molecule has 4 N–H and O–H groups in total. The summed E-state index contributed by atoms with van der Waals surface area (Å²) < 4.78 is 17.1. The van der Waals surface area contributed by atoms with Crippen LogP contribution in [0.5, 0.6) is 11.5 Å². The zero-order chi connectivity index (χ0) is 22.9. The molecule has 0 saturated heterocycles. The molecule has 3 rings (SSSR count). The molecule has 0 bridgehead atoms. The molecule has 0 spiro atoms. The summed E-state index contributed by atoms with van der Waals surface area (Å²) in [6, 6.07) is 12.1. The topological polar surface area (TPSA) is 125 Å². The fourth-order valence-corrected chi connectivity index (χ4v) is 3.33. The van der Waals surface area contributed by atoms with Gasteiger partial charge in [-0.1, -0.05) is 45.8 Å². The summed E-state index contributed by atoms with van der Waals surface area (Å²) in [6.45, 7) is 6.47. The van der Waals surface area contributed by atoms with Gasteiger partial charge in [0.15, 0.2) is 11.5 Å². The van der Waals surface area contributed by atoms with E-state index >= 15 is 0 Å². The molecule has 10 heteroatoms. The van der Waals surface area contributed by atoms with Crippen LogP contribution in [0, 0.1) is 6.92 Å². The Kier molecular flexibility index (Phi) is 8.46. The number of carbonyl (C=O) groups excluding carboxylic acids is 1. The summed E-state index contributed by atoms with van der Waals surface area (Å²) in [6.07, 6.45) is 0. The van der Waals surface area contributed by atoms with Crippen molar-refractivity contribution in [3.05, 3.63) is 63.3 Å². The van der Waals surface area contributed by atoms with Gasteiger partial charge in [-0.3, -0.25) is 4.79 Å². The van der Waals surface area contributed by atoms with Gasteiger partial charge in [0.25, 0.3) is 5.91 Å². The van der Waals surface area contributed by atoms with Crippen LogP contribution in [0.3, 0.4) is 0 Å². The van der Waals surface area contributed by atoms with E-state index in [4.69, 9.17) is 15.2 Å². The van der Waals surface area contributed by atoms with Crippen molar-refractivity contribution in [1.29, 1.82) is 0 Å². The minimum absolute atomic E-state index is 0.0182. The maximum atomic E-state index is 11.9. The van der Waals surface area contributed by atoms with Crippen LogP contribution in [0.15, 0.2) is 45.5 Å². The number of nitrogens with two attached hydrogens (primary N) is 1. The number of aryl methyl sites for hydroxylation is 1. The highest BCUT2D eigenvalue weighted by atomic mass is 79.9. The number of carbonyl (C=O) groups is 1. The Labute approximate surface area is 194 Å². The minimum Gasteiger partial charge on any atom is -0.490 e. The van der Waals surface area contributed by atoms with Crippen LogP contribution in [0.25, 0.3) is 0 Å². The molecule has 0 unspecified atom stereocenters. The van der Waals surface area contributed by atoms with E-state index < -0.39 is 5.91 Å². The Morgan fingerprint density at radius 2 is 1.88 bits per heavy atom. The number of hydrogen-bond acceptors (Lipinski definition) is 8. The number of anilines is 1. The normalized spacial score (nSPS) is 10.7. The second-order valence-corrected chi connectivity index (χ2v) is 7.88. The molecule has 170 valence electrons. The van der Waals surface area contributed by atoms with Gasteiger partial charge >= 0.3 is 0 Å². The van der Waals surface area contributed by atoms with Gasteiger partial charge in [0, 0.05) is 24.1 Å². The first-order valence-electron chi connectivity index (χ1n) is 10.2. The molecule has 0 fully saturated rings. The summed E-state index contributed by atoms with van der Waals surface area (Å²) >= 11 is 3.61. The molecular formula is C22H26BrN5O4. The molecular weight excluding hydrogens is 478 g/mol. The van der Waals surface area contributed by atoms with Crippen molar-refractivity contribution in [3.63, 3.8) is 0 Å². The standard InChI is InChI=1S/C22H26BrN5O4/c1-3-30-18-10-16(12-25-8-9-26-22(29)20-21(24)28-32-27-20)17(23)11-19(18)31-13-15-6-4-14(2)5-7-15/h4-7,10-11,25H,3,8-9,12-13H2,1-2H3,(H2,24,28)(H,26,29). The molecule has 2 aromatic carbocycles. The summed E-state index contributed by atoms with van der Waals surface area (Å²) in [7, 11) is 0. The smallest absolute Gasteiger partial charge is 0.277 e. The molecule has 0 aliphatic heterocycles. The summed E-state index contributed by atoms with van der Waals surface area (Å²) in [5.41, 5.74) is 8.79. The number of nitrogen functional groups attached to an aromatic ring is 1. The van der Waals surface area contributed by atoms with Gasteiger partial charge in [-0.2, -0.15) is 0 Å². The predicted molar refractivity (Wildman–Crippen MR) is 124 cm³/mol. The largest absolute Gasteiger partial charge is 0.490 e. The molecule has 3 aromatic rings. The van der Waals surface area contributed by atoms with Crippen molar-refractivity contribution in [2.75, 3.05) is 25.4 Å². The van der Waals surface area contributed by atoms with Gasteiger partial charge in [-0.05, 0) is 47.4 Å². The molecule has 1 heterocycles. The zero-order valence-corrected chi connectivity index (χ0v) is 19.6. The first-order chi connectivity index (χ1) is 15.5. The number of benzene rings is 2. The van der Waals surface area contributed by atoms with Gasteiger partial charge in [-0.15, -0.1) is 0 Å². The van der Waals surface area contributed by atoms with Gasteiger partial charge in [0.05, 0.1) is 6.61 Å². The van der Waals surface area contributed by atoms with E-state index in [9.17, 15) is 4.79 Å². The fraction of sp³-hybridized carbons (Fsp3) is 0.318. The van der Waals surface area contributed by atoms with Crippen LogP contribution in [-0.4, -0.2) is 35.9 Å². The van der Waals surface area contributed by atoms with Crippen molar-refractivity contribution < 1.29 is 18.9 Å². The second-order valence-electron chi connectivity index (χ2n) is 7.03. The van der Waals surface area contributed by atoms with Crippen molar-refractivity contribution in [2.24, 2.45) is 0 Å². The number of nitrogens with one attached hydrogen (secondary N) is 2. The Hall–Kier alpha value is -3.11. The Morgan fingerprint density at radius 3 is 2.56 bits per heavy atom. The Bertz CT molecular complexity index is 1040. The van der Waals surface area contributed by atoms with Crippen LogP contribution in [0.2, 0.25) is 0 Å². The number of halogens is 1. The van der Waals surface area contributed by atoms with E-state index in [1.165, 1.54) is 5.56 Å². The number of amides is 1. The Balaban J connectivity index is 1.53. The van der Waals surface area contributed by atoms with Crippen LogP contribution in [0.4, 0.5) is 5.82 Å². The first kappa shape index (κ1) is 23.6. The maximum absolute atomic E-state index is 11.9. The molecule has 0 saturated carbocycles. The Morgan fingerprint density at radius 1 is 1.12 bits per heavy atom. The highest BCUT2D eigenvalue weighted by Crippen LogP contribution is 2.34. The molecule has 0 atom stereocenters. The van der Waals surface area contributed by atoms with Crippen molar-refractivity contribution in [3.8, 4) is 11.5 Å². The summed E-state index contributed by atoms with van der Waals surface area (Å²) in [4.78, 5) is 11.9. The van der Waals surface area contributed by atoms with E-state index in [0.29, 0.717) is 44.3 Å². The SMILES string of the molecule is CCOc1cc(CNCCNC(=O)c2nonc2N)c(Br)cc1OCc1ccc(C)cc1. The monoisotopic (exact) mass is 503 g/mol. The third-order valence-electron chi connectivity index (χ3n) is 4.56. The number of rotatable bonds is 11. The molecule has 0 aliphatic carbocycles. The number of ether oxygens (including phenoxy) is 2. The molecule has 1 amide bonds. The van der Waals surface area contributed by atoms with Crippen molar-refractivity contribution in [1.82, 2.24) is 20.9 Å². The number of hydrogen-bond donors (Lipinski definition) is 3. The van der Waals surface area contributed by atoms with E-state index in [1.807, 2.05) is 19.1 Å². The van der Waals surface area contributed by atoms with Gasteiger partial charge in [-0.25, -0.2) is 4.63 Å². The second kappa shape index (κ2) is 11.5. The van der Waals surface area contributed by atoms with Crippen LogP contribution in [0.1, 0.15) is 34.1 Å². The molecule has 32 heavy (non-hydrogen) atoms. The van der Waals surface area contributed by atoms with Crippen LogP contribution < -0.4 is 25.8 Å². The molecule has 9 nitrogen and oxygen atoms in total. The van der Waals surface area contributed by atoms with Crippen molar-refractivity contribution in [2.45, 2.75) is 27.0 Å².